The summed E-state index contributed by atoms with van der Waals surface area (Å²) in [5.41, 5.74) is 8.82. The molecule has 0 saturated heterocycles. The fraction of sp³-hybridized carbons (Fsp3) is 0.317. The lowest BCUT2D eigenvalue weighted by atomic mass is 9.98. The second kappa shape index (κ2) is 18.8. The molecule has 0 aliphatic heterocycles. The number of carbonyl (C=O) groups excluding carboxylic acids is 2. The predicted octanol–water partition coefficient (Wildman–Crippen LogP) is 7.51. The van der Waals surface area contributed by atoms with Gasteiger partial charge in [-0.2, -0.15) is 0 Å². The Bertz CT molecular complexity index is 2410. The number of para-hydroxylation sites is 2. The molecule has 2 heterocycles. The zero-order valence-corrected chi connectivity index (χ0v) is 32.4. The van der Waals surface area contributed by atoms with E-state index in [-0.39, 0.29) is 25.4 Å². The minimum Gasteiger partial charge on any atom is -0.432 e. The first-order valence-corrected chi connectivity index (χ1v) is 18.5. The zero-order chi connectivity index (χ0) is 41.2. The van der Waals surface area contributed by atoms with E-state index in [0.717, 1.165) is 68.8 Å². The largest absolute Gasteiger partial charge is 0.511 e. The van der Waals surface area contributed by atoms with Gasteiger partial charge in [0.05, 0.1) is 40.8 Å². The normalized spacial score (nSPS) is 12.2. The van der Waals surface area contributed by atoms with Crippen LogP contribution in [0.25, 0.3) is 44.6 Å². The van der Waals surface area contributed by atoms with E-state index >= 15 is 0 Å². The summed E-state index contributed by atoms with van der Waals surface area (Å²) in [6, 6.07) is 27.3. The van der Waals surface area contributed by atoms with E-state index in [1.165, 1.54) is 6.92 Å². The van der Waals surface area contributed by atoms with Gasteiger partial charge in [0.1, 0.15) is 24.9 Å². The third-order valence-corrected chi connectivity index (χ3v) is 9.23. The van der Waals surface area contributed by atoms with Crippen LogP contribution in [0.4, 0.5) is 4.79 Å². The number of nitrogens with zero attached hydrogens (tertiary/aromatic N) is 6. The van der Waals surface area contributed by atoms with Gasteiger partial charge in [-0.05, 0) is 65.9 Å². The van der Waals surface area contributed by atoms with Gasteiger partial charge >= 0.3 is 12.1 Å². The maximum absolute atomic E-state index is 13.3. The van der Waals surface area contributed by atoms with E-state index in [2.05, 4.69) is 56.2 Å². The Morgan fingerprint density at radius 1 is 0.914 bits per heavy atom. The Labute approximate surface area is 332 Å². The van der Waals surface area contributed by atoms with Gasteiger partial charge in [0.25, 0.3) is 5.09 Å². The van der Waals surface area contributed by atoms with Crippen LogP contribution < -0.4 is 0 Å². The van der Waals surface area contributed by atoms with Crippen molar-refractivity contribution in [2.45, 2.75) is 52.6 Å². The Kier molecular flexibility index (Phi) is 13.2. The van der Waals surface area contributed by atoms with E-state index < -0.39 is 36.2 Å². The molecular formula is C41H42N6O11. The molecule has 2 aromatic heterocycles. The van der Waals surface area contributed by atoms with E-state index in [1.807, 2.05) is 61.6 Å². The van der Waals surface area contributed by atoms with Crippen molar-refractivity contribution >= 4 is 34.2 Å². The third kappa shape index (κ3) is 9.73. The molecule has 302 valence electrons. The van der Waals surface area contributed by atoms with E-state index in [9.17, 15) is 24.6 Å². The molecule has 4 aromatic carbocycles. The average Bonchev–Trinajstić information content (AvgIpc) is 3.73. The molecule has 2 unspecified atom stereocenters. The van der Waals surface area contributed by atoms with Crippen LogP contribution in [-0.2, 0) is 48.6 Å². The first-order chi connectivity index (χ1) is 28.1. The highest BCUT2D eigenvalue weighted by Gasteiger charge is 2.21. The molecule has 0 N–H and O–H groups in total. The smallest absolute Gasteiger partial charge is 0.432 e. The Balaban J connectivity index is 1.10. The van der Waals surface area contributed by atoms with Crippen LogP contribution in [-0.4, -0.2) is 75.1 Å². The summed E-state index contributed by atoms with van der Waals surface area (Å²) in [5.74, 6) is 1.18. The molecule has 0 amide bonds. The third-order valence-electron chi connectivity index (χ3n) is 9.23. The van der Waals surface area contributed by atoms with Crippen LogP contribution in [0, 0.1) is 21.9 Å². The van der Waals surface area contributed by atoms with Crippen LogP contribution in [0.15, 0.2) is 90.3 Å². The fourth-order valence-corrected chi connectivity index (χ4v) is 6.60. The van der Waals surface area contributed by atoms with Gasteiger partial charge in [-0.15, -0.1) is 15.0 Å². The second-order valence-electron chi connectivity index (χ2n) is 13.3. The molecule has 0 saturated carbocycles. The van der Waals surface area contributed by atoms with Gasteiger partial charge in [-0.3, -0.25) is 0 Å². The number of hydrogen-bond acceptors (Lipinski definition) is 14. The number of benzene rings is 4. The lowest BCUT2D eigenvalue weighted by Crippen LogP contribution is -2.28. The summed E-state index contributed by atoms with van der Waals surface area (Å²) in [6.07, 6.45) is -1.90. The molecule has 58 heavy (non-hydrogen) atoms. The summed E-state index contributed by atoms with van der Waals surface area (Å²) in [5, 5.41) is 11.6. The summed E-state index contributed by atoms with van der Waals surface area (Å²) < 4.78 is 24.9. The van der Waals surface area contributed by atoms with Crippen molar-refractivity contribution in [2.24, 2.45) is 12.4 Å². The SMILES string of the molecule is CCCc1nc2c(C)cc(-c3nc4ccccc4n3C)cc2n1Cc1ccc(-c2ccccc2C(=O)OC(C)OC(=O)OCCOCC(CON=O)O[N+](=O)[O-])cc1. The van der Waals surface area contributed by atoms with Crippen LogP contribution in [0.1, 0.15) is 47.6 Å². The minimum atomic E-state index is -1.30. The fourth-order valence-electron chi connectivity index (χ4n) is 6.60. The quantitative estimate of drug-likeness (QED) is 0.0195. The van der Waals surface area contributed by atoms with E-state index in [4.69, 9.17) is 28.9 Å². The number of carbonyl (C=O) groups is 2. The average molecular weight is 795 g/mol. The Morgan fingerprint density at radius 2 is 1.67 bits per heavy atom. The minimum absolute atomic E-state index is 0.190. The van der Waals surface area contributed by atoms with Crippen LogP contribution >= 0.6 is 0 Å². The molecule has 6 rings (SSSR count). The molecule has 6 aromatic rings. The van der Waals surface area contributed by atoms with Crippen molar-refractivity contribution in [1.82, 2.24) is 19.1 Å². The standard InChI is InChI=1S/C41H42N6O11/c1-5-10-37-43-38-26(2)21-30(39-42-34-13-8-9-14-35(34)45(39)4)22-36(38)46(37)23-28-15-17-29(18-16-28)32-11-6-7-12-33(32)40(48)56-27(3)57-41(49)54-20-19-53-24-31(25-55-44-50)58-47(51)52/h6-9,11-18,21-22,27,31H,5,10,19-20,23-25H2,1-4H3. The number of aromatic nitrogens is 4. The number of rotatable bonds is 19. The molecule has 0 aliphatic carbocycles. The van der Waals surface area contributed by atoms with Crippen molar-refractivity contribution in [2.75, 3.05) is 26.4 Å². The van der Waals surface area contributed by atoms with E-state index in [1.54, 1.807) is 12.1 Å². The highest BCUT2D eigenvalue weighted by Crippen LogP contribution is 2.31. The molecule has 0 bridgehead atoms. The van der Waals surface area contributed by atoms with Crippen molar-refractivity contribution in [1.29, 1.82) is 0 Å². The number of imidazole rings is 2. The lowest BCUT2D eigenvalue weighted by molar-refractivity contribution is -0.769. The highest BCUT2D eigenvalue weighted by molar-refractivity contribution is 5.97. The van der Waals surface area contributed by atoms with Gasteiger partial charge in [0, 0.05) is 32.5 Å². The summed E-state index contributed by atoms with van der Waals surface area (Å²) in [4.78, 5) is 64.7. The molecular weight excluding hydrogens is 752 g/mol. The Morgan fingerprint density at radius 3 is 2.41 bits per heavy atom. The summed E-state index contributed by atoms with van der Waals surface area (Å²) in [7, 11) is 2.03. The van der Waals surface area contributed by atoms with Crippen LogP contribution in [0.3, 0.4) is 0 Å². The van der Waals surface area contributed by atoms with E-state index in [0.29, 0.717) is 12.1 Å². The summed E-state index contributed by atoms with van der Waals surface area (Å²) in [6.45, 7) is 4.83. The molecule has 0 radical (unpaired) electrons. The highest BCUT2D eigenvalue weighted by atomic mass is 17.0. The number of hydrogen-bond donors (Lipinski definition) is 0. The monoisotopic (exact) mass is 794 g/mol. The number of aryl methyl sites for hydroxylation is 3. The van der Waals surface area contributed by atoms with Crippen LogP contribution in [0.5, 0.6) is 0 Å². The molecule has 2 atom stereocenters. The lowest BCUT2D eigenvalue weighted by Gasteiger charge is -2.16. The Hall–Kier alpha value is -6.88. The van der Waals surface area contributed by atoms with Gasteiger partial charge in [0.15, 0.2) is 11.4 Å². The van der Waals surface area contributed by atoms with Crippen molar-refractivity contribution in [3.8, 4) is 22.5 Å². The predicted molar refractivity (Wildman–Crippen MR) is 211 cm³/mol. The molecule has 0 aliphatic rings. The van der Waals surface area contributed by atoms with Crippen LogP contribution in [0.2, 0.25) is 0 Å². The number of fused-ring (bicyclic) bond motifs is 2. The van der Waals surface area contributed by atoms with Crippen molar-refractivity contribution in [3.63, 3.8) is 0 Å². The van der Waals surface area contributed by atoms with Gasteiger partial charge in [-0.1, -0.05) is 61.5 Å². The zero-order valence-electron chi connectivity index (χ0n) is 32.4. The van der Waals surface area contributed by atoms with Gasteiger partial charge in [-0.25, -0.2) is 19.6 Å². The summed E-state index contributed by atoms with van der Waals surface area (Å²) >= 11 is 0. The molecule has 0 spiro atoms. The van der Waals surface area contributed by atoms with Gasteiger partial charge in [0.2, 0.25) is 6.29 Å². The molecule has 0 fully saturated rings. The maximum Gasteiger partial charge on any atom is 0.511 e. The molecule has 17 heteroatoms. The maximum atomic E-state index is 13.3. The first-order valence-electron chi connectivity index (χ1n) is 18.5. The molecule has 17 nitrogen and oxygen atoms in total. The number of ether oxygens (including phenoxy) is 4. The topological polar surface area (TPSA) is 198 Å². The number of esters is 1. The van der Waals surface area contributed by atoms with Crippen molar-refractivity contribution < 1.29 is 43.3 Å². The second-order valence-corrected chi connectivity index (χ2v) is 13.3. The first kappa shape index (κ1) is 40.8. The van der Waals surface area contributed by atoms with Gasteiger partial charge < -0.3 is 37.8 Å². The van der Waals surface area contributed by atoms with Crippen molar-refractivity contribution in [3.05, 3.63) is 122 Å².